The number of piperazine rings is 1. The van der Waals surface area contributed by atoms with E-state index in [0.29, 0.717) is 6.54 Å². The number of carbonyl (C=O) groups excluding carboxylic acids is 1. The molecule has 0 atom stereocenters. The average Bonchev–Trinajstić information content (AvgIpc) is 3.19. The number of hydrogen-bond acceptors (Lipinski definition) is 3. The monoisotopic (exact) mass is 499 g/mol. The molecule has 2 aliphatic rings. The third-order valence-electron chi connectivity index (χ3n) is 5.92. The minimum Gasteiger partial charge on any atom is -0.368 e. The Labute approximate surface area is 186 Å². The number of aliphatic imine (C=N–C) groups is 1. The molecule has 1 aromatic carbocycles. The summed E-state index contributed by atoms with van der Waals surface area (Å²) in [7, 11) is 5.56. The SMILES string of the molecule is CN=C(NCC1(C(=O)N(C)C)CCCC1)N1CCN(c2ccccc2)CC1.I. The Kier molecular flexibility index (Phi) is 8.39. The van der Waals surface area contributed by atoms with Gasteiger partial charge in [0.2, 0.25) is 5.91 Å². The lowest BCUT2D eigenvalue weighted by molar-refractivity contribution is -0.138. The fourth-order valence-electron chi connectivity index (χ4n) is 4.39. The van der Waals surface area contributed by atoms with E-state index in [2.05, 4.69) is 50.4 Å². The van der Waals surface area contributed by atoms with E-state index in [9.17, 15) is 4.79 Å². The summed E-state index contributed by atoms with van der Waals surface area (Å²) in [6, 6.07) is 10.6. The van der Waals surface area contributed by atoms with Gasteiger partial charge in [0.1, 0.15) is 0 Å². The number of para-hydroxylation sites is 1. The van der Waals surface area contributed by atoms with Crippen molar-refractivity contribution in [3.63, 3.8) is 0 Å². The second kappa shape index (κ2) is 10.3. The van der Waals surface area contributed by atoms with Crippen LogP contribution in [0.2, 0.25) is 0 Å². The Morgan fingerprint density at radius 3 is 2.25 bits per heavy atom. The number of hydrogen-bond donors (Lipinski definition) is 1. The van der Waals surface area contributed by atoms with E-state index in [1.807, 2.05) is 21.1 Å². The summed E-state index contributed by atoms with van der Waals surface area (Å²) in [4.78, 5) is 23.7. The van der Waals surface area contributed by atoms with E-state index in [-0.39, 0.29) is 35.3 Å². The molecule has 1 saturated carbocycles. The Morgan fingerprint density at radius 2 is 1.71 bits per heavy atom. The normalized spacial score (nSPS) is 19.2. The fourth-order valence-corrected chi connectivity index (χ4v) is 4.39. The minimum atomic E-state index is -0.273. The van der Waals surface area contributed by atoms with Gasteiger partial charge in [-0.1, -0.05) is 31.0 Å². The molecule has 2 fully saturated rings. The third-order valence-corrected chi connectivity index (χ3v) is 5.92. The van der Waals surface area contributed by atoms with Crippen LogP contribution in [0.5, 0.6) is 0 Å². The van der Waals surface area contributed by atoms with Gasteiger partial charge in [-0.2, -0.15) is 0 Å². The van der Waals surface area contributed by atoms with Gasteiger partial charge in [-0.05, 0) is 25.0 Å². The molecule has 1 aromatic rings. The summed E-state index contributed by atoms with van der Waals surface area (Å²) in [6.45, 7) is 4.50. The molecule has 3 rings (SSSR count). The molecule has 7 heteroatoms. The molecule has 1 N–H and O–H groups in total. The first kappa shape index (κ1) is 22.8. The number of rotatable bonds is 4. The van der Waals surface area contributed by atoms with Crippen molar-refractivity contribution in [2.45, 2.75) is 25.7 Å². The van der Waals surface area contributed by atoms with Crippen LogP contribution in [0, 0.1) is 5.41 Å². The van der Waals surface area contributed by atoms with Gasteiger partial charge in [0, 0.05) is 59.6 Å². The quantitative estimate of drug-likeness (QED) is 0.393. The van der Waals surface area contributed by atoms with Gasteiger partial charge >= 0.3 is 0 Å². The van der Waals surface area contributed by atoms with Gasteiger partial charge in [-0.25, -0.2) is 0 Å². The molecule has 0 aromatic heterocycles. The van der Waals surface area contributed by atoms with Crippen LogP contribution < -0.4 is 10.2 Å². The Bertz CT molecular complexity index is 650. The topological polar surface area (TPSA) is 51.2 Å². The fraction of sp³-hybridized carbons (Fsp3) is 0.619. The van der Waals surface area contributed by atoms with Gasteiger partial charge in [-0.15, -0.1) is 24.0 Å². The van der Waals surface area contributed by atoms with Crippen molar-refractivity contribution in [2.75, 3.05) is 58.8 Å². The van der Waals surface area contributed by atoms with Crippen molar-refractivity contribution in [2.24, 2.45) is 10.4 Å². The summed E-state index contributed by atoms with van der Waals surface area (Å²) in [5.41, 5.74) is 1.01. The maximum atomic E-state index is 12.8. The minimum absolute atomic E-state index is 0. The first-order chi connectivity index (χ1) is 13.1. The number of nitrogens with zero attached hydrogens (tertiary/aromatic N) is 4. The van der Waals surface area contributed by atoms with Crippen LogP contribution in [-0.4, -0.2) is 75.5 Å². The number of carbonyl (C=O) groups is 1. The van der Waals surface area contributed by atoms with Crippen LogP contribution in [0.1, 0.15) is 25.7 Å². The molecule has 156 valence electrons. The molecule has 0 unspecified atom stereocenters. The summed E-state index contributed by atoms with van der Waals surface area (Å²) < 4.78 is 0. The number of benzene rings is 1. The molecule has 1 aliphatic carbocycles. The molecular weight excluding hydrogens is 465 g/mol. The van der Waals surface area contributed by atoms with Crippen LogP contribution in [-0.2, 0) is 4.79 Å². The van der Waals surface area contributed by atoms with Crippen LogP contribution in [0.3, 0.4) is 0 Å². The van der Waals surface area contributed by atoms with E-state index in [1.165, 1.54) is 5.69 Å². The summed E-state index contributed by atoms with van der Waals surface area (Å²) in [5, 5.41) is 3.52. The number of guanidine groups is 1. The van der Waals surface area contributed by atoms with Crippen molar-refractivity contribution in [1.29, 1.82) is 0 Å². The molecule has 1 aliphatic heterocycles. The molecule has 0 spiro atoms. The standard InChI is InChI=1S/C21H33N5O.HI/c1-22-20(23-17-21(11-7-8-12-21)19(27)24(2)3)26-15-13-25(14-16-26)18-9-5-4-6-10-18;/h4-6,9-10H,7-8,11-17H2,1-3H3,(H,22,23);1H. The van der Waals surface area contributed by atoms with Crippen molar-refractivity contribution >= 4 is 41.5 Å². The first-order valence-corrected chi connectivity index (χ1v) is 10.0. The van der Waals surface area contributed by atoms with Gasteiger partial charge < -0.3 is 20.0 Å². The Hall–Kier alpha value is -1.51. The number of anilines is 1. The van der Waals surface area contributed by atoms with Crippen LogP contribution >= 0.6 is 24.0 Å². The second-order valence-electron chi connectivity index (χ2n) is 7.90. The molecule has 0 radical (unpaired) electrons. The Morgan fingerprint density at radius 1 is 1.11 bits per heavy atom. The van der Waals surface area contributed by atoms with E-state index in [0.717, 1.165) is 57.8 Å². The van der Waals surface area contributed by atoms with Crippen LogP contribution in [0.25, 0.3) is 0 Å². The zero-order valence-electron chi connectivity index (χ0n) is 17.4. The molecule has 1 amide bonds. The molecule has 28 heavy (non-hydrogen) atoms. The van der Waals surface area contributed by atoms with Crippen LogP contribution in [0.15, 0.2) is 35.3 Å². The molecule has 1 heterocycles. The highest BCUT2D eigenvalue weighted by Crippen LogP contribution is 2.39. The number of halogens is 1. The zero-order valence-corrected chi connectivity index (χ0v) is 19.7. The predicted molar refractivity (Wildman–Crippen MR) is 127 cm³/mol. The second-order valence-corrected chi connectivity index (χ2v) is 7.90. The van der Waals surface area contributed by atoms with E-state index in [4.69, 9.17) is 0 Å². The Balaban J connectivity index is 0.00000280. The number of amides is 1. The van der Waals surface area contributed by atoms with Gasteiger partial charge in [0.05, 0.1) is 5.41 Å². The average molecular weight is 499 g/mol. The van der Waals surface area contributed by atoms with Crippen molar-refractivity contribution in [3.05, 3.63) is 30.3 Å². The molecule has 1 saturated heterocycles. The molecule has 0 bridgehead atoms. The smallest absolute Gasteiger partial charge is 0.230 e. The first-order valence-electron chi connectivity index (χ1n) is 10.0. The lowest BCUT2D eigenvalue weighted by Crippen LogP contribution is -2.55. The van der Waals surface area contributed by atoms with Crippen molar-refractivity contribution < 1.29 is 4.79 Å². The highest BCUT2D eigenvalue weighted by molar-refractivity contribution is 14.0. The van der Waals surface area contributed by atoms with E-state index >= 15 is 0 Å². The molecular formula is C21H34IN5O. The van der Waals surface area contributed by atoms with E-state index < -0.39 is 0 Å². The largest absolute Gasteiger partial charge is 0.368 e. The lowest BCUT2D eigenvalue weighted by atomic mass is 9.84. The highest BCUT2D eigenvalue weighted by Gasteiger charge is 2.42. The summed E-state index contributed by atoms with van der Waals surface area (Å²) in [5.74, 6) is 1.16. The van der Waals surface area contributed by atoms with Crippen molar-refractivity contribution in [3.8, 4) is 0 Å². The van der Waals surface area contributed by atoms with Gasteiger partial charge in [-0.3, -0.25) is 9.79 Å². The highest BCUT2D eigenvalue weighted by atomic mass is 127. The molecule has 6 nitrogen and oxygen atoms in total. The summed E-state index contributed by atoms with van der Waals surface area (Å²) in [6.07, 6.45) is 4.21. The maximum Gasteiger partial charge on any atom is 0.230 e. The maximum absolute atomic E-state index is 12.8. The van der Waals surface area contributed by atoms with Gasteiger partial charge in [0.15, 0.2) is 5.96 Å². The third kappa shape index (κ3) is 5.10. The lowest BCUT2D eigenvalue weighted by Gasteiger charge is -2.39. The van der Waals surface area contributed by atoms with Crippen molar-refractivity contribution in [1.82, 2.24) is 15.1 Å². The van der Waals surface area contributed by atoms with Gasteiger partial charge in [0.25, 0.3) is 0 Å². The number of nitrogens with one attached hydrogen (secondary N) is 1. The zero-order chi connectivity index (χ0) is 19.3. The van der Waals surface area contributed by atoms with Crippen LogP contribution in [0.4, 0.5) is 5.69 Å². The predicted octanol–water partition coefficient (Wildman–Crippen LogP) is 2.65. The summed E-state index contributed by atoms with van der Waals surface area (Å²) >= 11 is 0. The van der Waals surface area contributed by atoms with E-state index in [1.54, 1.807) is 4.90 Å².